The summed E-state index contributed by atoms with van der Waals surface area (Å²) in [6, 6.07) is 13.1. The number of rotatable bonds is 16. The van der Waals surface area contributed by atoms with Crippen LogP contribution in [0.25, 0.3) is 11.3 Å². The van der Waals surface area contributed by atoms with Crippen LogP contribution >= 0.6 is 0 Å². The summed E-state index contributed by atoms with van der Waals surface area (Å²) in [4.78, 5) is 35.5. The highest BCUT2D eigenvalue weighted by atomic mass is 32.2. The van der Waals surface area contributed by atoms with Crippen molar-refractivity contribution in [3.8, 4) is 11.3 Å². The van der Waals surface area contributed by atoms with Gasteiger partial charge in [-0.05, 0) is 64.1 Å². The minimum atomic E-state index is -3.60. The van der Waals surface area contributed by atoms with Crippen LogP contribution in [0.1, 0.15) is 43.2 Å². The van der Waals surface area contributed by atoms with E-state index in [2.05, 4.69) is 20.0 Å². The molecule has 3 rings (SSSR count). The molecule has 2 amide bonds. The van der Waals surface area contributed by atoms with Crippen molar-refractivity contribution in [2.45, 2.75) is 44.3 Å². The zero-order valence-electron chi connectivity index (χ0n) is 26.5. The van der Waals surface area contributed by atoms with Gasteiger partial charge in [0, 0.05) is 30.9 Å². The number of carbonyl (C=O) groups excluding carboxylic acids is 2. The van der Waals surface area contributed by atoms with Crippen molar-refractivity contribution in [3.05, 3.63) is 66.0 Å². The van der Waals surface area contributed by atoms with Crippen LogP contribution in [0, 0.1) is 0 Å². The van der Waals surface area contributed by atoms with E-state index in [1.807, 2.05) is 6.07 Å². The lowest BCUT2D eigenvalue weighted by Crippen LogP contribution is -2.39. The van der Waals surface area contributed by atoms with Crippen molar-refractivity contribution in [2.75, 3.05) is 57.6 Å². The van der Waals surface area contributed by atoms with Gasteiger partial charge in [0.15, 0.2) is 11.5 Å². The fourth-order valence-electron chi connectivity index (χ4n) is 4.02. The molecule has 1 aromatic heterocycles. The number of ether oxygens (including phenoxy) is 3. The smallest absolute Gasteiger partial charge is 0.410 e. The predicted molar refractivity (Wildman–Crippen MR) is 173 cm³/mol. The van der Waals surface area contributed by atoms with Crippen LogP contribution in [-0.2, 0) is 30.8 Å². The van der Waals surface area contributed by atoms with E-state index < -0.39 is 27.6 Å². The van der Waals surface area contributed by atoms with Gasteiger partial charge in [-0.3, -0.25) is 4.79 Å². The first-order chi connectivity index (χ1) is 21.8. The number of aliphatic hydroxyl groups excluding tert-OH is 1. The summed E-state index contributed by atoms with van der Waals surface area (Å²) in [5.41, 5.74) is 7.47. The topological polar surface area (TPSA) is 195 Å². The van der Waals surface area contributed by atoms with Gasteiger partial charge in [-0.1, -0.05) is 24.3 Å². The Labute approximate surface area is 269 Å². The number of sulfonamides is 1. The molecule has 0 aliphatic rings. The average Bonchev–Trinajstić information content (AvgIpc) is 3.01. The molecule has 5 N–H and O–H groups in total. The molecule has 46 heavy (non-hydrogen) atoms. The van der Waals surface area contributed by atoms with Crippen LogP contribution in [0.15, 0.2) is 59.6 Å². The van der Waals surface area contributed by atoms with E-state index in [1.54, 1.807) is 51.1 Å². The summed E-state index contributed by atoms with van der Waals surface area (Å²) >= 11 is 0. The van der Waals surface area contributed by atoms with Gasteiger partial charge in [-0.2, -0.15) is 0 Å². The number of hydrogen-bond donors (Lipinski definition) is 4. The van der Waals surface area contributed by atoms with E-state index in [0.717, 1.165) is 5.56 Å². The van der Waals surface area contributed by atoms with Crippen molar-refractivity contribution in [1.82, 2.24) is 19.6 Å². The van der Waals surface area contributed by atoms with Crippen molar-refractivity contribution < 1.29 is 37.3 Å². The molecule has 0 spiro atoms. The number of nitrogens with one attached hydrogen (secondary N) is 2. The molecule has 0 radical (unpaired) electrons. The summed E-state index contributed by atoms with van der Waals surface area (Å²) in [6.07, 6.45) is 1.39. The number of hydrogen-bond acceptors (Lipinski definition) is 11. The normalized spacial score (nSPS) is 11.7. The third kappa shape index (κ3) is 11.3. The number of anilines is 2. The van der Waals surface area contributed by atoms with Crippen LogP contribution in [0.3, 0.4) is 0 Å². The molecule has 14 nitrogen and oxygen atoms in total. The maximum Gasteiger partial charge on any atom is 0.410 e. The van der Waals surface area contributed by atoms with Crippen LogP contribution in [0.2, 0.25) is 0 Å². The molecule has 3 aromatic rings. The maximum atomic E-state index is 13.1. The van der Waals surface area contributed by atoms with Gasteiger partial charge >= 0.3 is 6.09 Å². The monoisotopic (exact) mass is 658 g/mol. The molecule has 15 heteroatoms. The summed E-state index contributed by atoms with van der Waals surface area (Å²) in [7, 11) is -2.27. The Bertz CT molecular complexity index is 1560. The molecule has 0 saturated carbocycles. The summed E-state index contributed by atoms with van der Waals surface area (Å²) in [5, 5.41) is 11.9. The first-order valence-corrected chi connectivity index (χ1v) is 16.1. The Kier molecular flexibility index (Phi) is 13.4. The molecule has 0 aliphatic heterocycles. The fourth-order valence-corrected chi connectivity index (χ4v) is 4.75. The Hall–Kier alpha value is -4.15. The summed E-state index contributed by atoms with van der Waals surface area (Å²) in [6.45, 7) is 7.20. The third-order valence-corrected chi connectivity index (χ3v) is 7.74. The molecule has 250 valence electrons. The van der Waals surface area contributed by atoms with Gasteiger partial charge in [0.05, 0.1) is 43.2 Å². The lowest BCUT2D eigenvalue weighted by molar-refractivity contribution is 0.00837. The Morgan fingerprint density at radius 2 is 1.74 bits per heavy atom. The minimum Gasteiger partial charge on any atom is -0.444 e. The van der Waals surface area contributed by atoms with E-state index >= 15 is 0 Å². The highest BCUT2D eigenvalue weighted by molar-refractivity contribution is 7.89. The molecule has 0 fully saturated rings. The van der Waals surface area contributed by atoms with Gasteiger partial charge in [-0.15, -0.1) is 0 Å². The van der Waals surface area contributed by atoms with Crippen LogP contribution < -0.4 is 15.8 Å². The molecule has 0 atom stereocenters. The molecule has 0 unspecified atom stereocenters. The Morgan fingerprint density at radius 3 is 2.41 bits per heavy atom. The van der Waals surface area contributed by atoms with Gasteiger partial charge < -0.3 is 35.3 Å². The highest BCUT2D eigenvalue weighted by Gasteiger charge is 2.22. The molecule has 0 aliphatic carbocycles. The van der Waals surface area contributed by atoms with Gasteiger partial charge in [-0.25, -0.2) is 27.9 Å². The van der Waals surface area contributed by atoms with Gasteiger partial charge in [0.2, 0.25) is 10.0 Å². The SMILES string of the molecule is CNS(=O)(=O)c1ccc(-c2cnc(N)c(C(=O)Nc3cccc(COCCOCCN(CCCO)C(=O)OC(C)(C)C)c3)n2)cc1. The minimum absolute atomic E-state index is 0.0297. The predicted octanol–water partition coefficient (Wildman–Crippen LogP) is 3.04. The number of benzene rings is 2. The maximum absolute atomic E-state index is 13.1. The zero-order valence-corrected chi connectivity index (χ0v) is 27.3. The van der Waals surface area contributed by atoms with E-state index in [4.69, 9.17) is 25.1 Å². The molecule has 0 bridgehead atoms. The number of nitrogen functional groups attached to an aromatic ring is 1. The van der Waals surface area contributed by atoms with Crippen LogP contribution in [0.4, 0.5) is 16.3 Å². The summed E-state index contributed by atoms with van der Waals surface area (Å²) in [5.74, 6) is -0.621. The number of nitrogens with zero attached hydrogens (tertiary/aromatic N) is 3. The molecular weight excluding hydrogens is 616 g/mol. The number of aliphatic hydroxyl groups is 1. The van der Waals surface area contributed by atoms with Gasteiger partial charge in [0.1, 0.15) is 5.60 Å². The Balaban J connectivity index is 1.49. The average molecular weight is 659 g/mol. The van der Waals surface area contributed by atoms with E-state index in [1.165, 1.54) is 30.3 Å². The van der Waals surface area contributed by atoms with Gasteiger partial charge in [0.25, 0.3) is 5.91 Å². The van der Waals surface area contributed by atoms with E-state index in [9.17, 15) is 18.0 Å². The molecule has 2 aromatic carbocycles. The molecule has 0 saturated heterocycles. The first kappa shape index (κ1) is 36.3. The van der Waals surface area contributed by atoms with E-state index in [-0.39, 0.29) is 36.2 Å². The number of carbonyl (C=O) groups is 2. The van der Waals surface area contributed by atoms with Crippen molar-refractivity contribution in [1.29, 1.82) is 0 Å². The van der Waals surface area contributed by atoms with E-state index in [0.29, 0.717) is 49.7 Å². The zero-order chi connectivity index (χ0) is 33.7. The highest BCUT2D eigenvalue weighted by Crippen LogP contribution is 2.22. The van der Waals surface area contributed by atoms with Crippen molar-refractivity contribution in [2.24, 2.45) is 0 Å². The quantitative estimate of drug-likeness (QED) is 0.165. The number of amides is 2. The Morgan fingerprint density at radius 1 is 1.02 bits per heavy atom. The second-order valence-electron chi connectivity index (χ2n) is 11.1. The standard InChI is InChI=1S/C31H42N6O8S/c1-31(2,3)45-30(40)37(13-6-15-38)14-16-43-17-18-44-21-22-7-5-8-24(19-22)35-29(39)27-28(32)34-20-26(36-27)23-9-11-25(12-10-23)46(41,42)33-4/h5,7-12,19-20,33,38H,6,13-18,21H2,1-4H3,(H2,32,34)(H,35,39). The first-order valence-electron chi connectivity index (χ1n) is 14.6. The lowest BCUT2D eigenvalue weighted by Gasteiger charge is -2.27. The van der Waals surface area contributed by atoms with Crippen LogP contribution in [-0.4, -0.2) is 92.6 Å². The second kappa shape index (κ2) is 17.0. The third-order valence-electron chi connectivity index (χ3n) is 6.31. The number of aromatic nitrogens is 2. The van der Waals surface area contributed by atoms with Crippen LogP contribution in [0.5, 0.6) is 0 Å². The molecule has 1 heterocycles. The lowest BCUT2D eigenvalue weighted by atomic mass is 10.1. The second-order valence-corrected chi connectivity index (χ2v) is 13.0. The summed E-state index contributed by atoms with van der Waals surface area (Å²) < 4.78 is 43.0. The van der Waals surface area contributed by atoms with Crippen molar-refractivity contribution in [3.63, 3.8) is 0 Å². The molecular formula is C31H42N6O8S. The fraction of sp³-hybridized carbons (Fsp3) is 0.419. The largest absolute Gasteiger partial charge is 0.444 e. The number of nitrogens with two attached hydrogens (primary N) is 1. The van der Waals surface area contributed by atoms with Crippen molar-refractivity contribution >= 4 is 33.5 Å².